The van der Waals surface area contributed by atoms with Gasteiger partial charge >= 0.3 is 6.01 Å². The van der Waals surface area contributed by atoms with E-state index in [2.05, 4.69) is 48.1 Å². The zero-order valence-corrected chi connectivity index (χ0v) is 14.9. The second-order valence-electron chi connectivity index (χ2n) is 6.83. The van der Waals surface area contributed by atoms with E-state index in [1.54, 1.807) is 18.5 Å². The minimum Gasteiger partial charge on any atom is -0.458 e. The lowest BCUT2D eigenvalue weighted by molar-refractivity contribution is -0.133. The molecule has 0 radical (unpaired) electrons. The van der Waals surface area contributed by atoms with Gasteiger partial charge in [0.15, 0.2) is 0 Å². The Hall–Kier alpha value is -2.43. The molecule has 1 saturated heterocycles. The third-order valence-electron chi connectivity index (χ3n) is 4.55. The van der Waals surface area contributed by atoms with Crippen molar-refractivity contribution in [2.75, 3.05) is 13.1 Å². The fourth-order valence-electron chi connectivity index (χ4n) is 3.06. The molecule has 0 bridgehead atoms. The Morgan fingerprint density at radius 3 is 2.64 bits per heavy atom. The Morgan fingerprint density at radius 2 is 1.96 bits per heavy atom. The van der Waals surface area contributed by atoms with Crippen LogP contribution < -0.4 is 4.74 Å². The van der Waals surface area contributed by atoms with E-state index in [9.17, 15) is 4.79 Å². The van der Waals surface area contributed by atoms with Crippen molar-refractivity contribution in [2.24, 2.45) is 0 Å². The molecule has 132 valence electrons. The van der Waals surface area contributed by atoms with Crippen LogP contribution in [0.4, 0.5) is 0 Å². The number of aromatic nitrogens is 2. The number of likely N-dealkylation sites (tertiary alicyclic amines) is 1. The highest BCUT2D eigenvalue weighted by molar-refractivity contribution is 5.79. The highest BCUT2D eigenvalue weighted by Gasteiger charge is 2.25. The molecule has 1 aliphatic heterocycles. The van der Waals surface area contributed by atoms with E-state index < -0.39 is 0 Å². The van der Waals surface area contributed by atoms with E-state index >= 15 is 0 Å². The molecule has 1 fully saturated rings. The first-order valence-electron chi connectivity index (χ1n) is 8.92. The third-order valence-corrected chi connectivity index (χ3v) is 4.55. The van der Waals surface area contributed by atoms with Gasteiger partial charge in [-0.1, -0.05) is 38.1 Å². The number of rotatable bonds is 5. The minimum absolute atomic E-state index is 0.0385. The van der Waals surface area contributed by atoms with Crippen LogP contribution in [0.2, 0.25) is 0 Å². The molecule has 2 aromatic rings. The predicted octanol–water partition coefficient (Wildman–Crippen LogP) is 3.21. The smallest absolute Gasteiger partial charge is 0.316 e. The van der Waals surface area contributed by atoms with Gasteiger partial charge in [0.1, 0.15) is 6.10 Å². The maximum Gasteiger partial charge on any atom is 0.316 e. The van der Waals surface area contributed by atoms with E-state index in [1.807, 2.05) is 4.90 Å². The summed E-state index contributed by atoms with van der Waals surface area (Å²) < 4.78 is 5.81. The zero-order valence-electron chi connectivity index (χ0n) is 14.9. The number of ether oxygens (including phenoxy) is 1. The summed E-state index contributed by atoms with van der Waals surface area (Å²) in [4.78, 5) is 22.7. The second-order valence-corrected chi connectivity index (χ2v) is 6.83. The number of carbonyl (C=O) groups is 1. The Labute approximate surface area is 149 Å². The third kappa shape index (κ3) is 4.78. The molecule has 5 heteroatoms. The Balaban J connectivity index is 1.56. The summed E-state index contributed by atoms with van der Waals surface area (Å²) in [5, 5.41) is 0. The van der Waals surface area contributed by atoms with Crippen LogP contribution >= 0.6 is 0 Å². The molecule has 1 unspecified atom stereocenters. The molecule has 2 heterocycles. The summed E-state index contributed by atoms with van der Waals surface area (Å²) in [6.45, 7) is 5.73. The molecule has 0 aliphatic carbocycles. The first kappa shape index (κ1) is 17.4. The first-order chi connectivity index (χ1) is 12.1. The molecule has 1 aliphatic rings. The number of piperidine rings is 1. The Kier molecular flexibility index (Phi) is 5.64. The molecular formula is C20H25N3O2. The number of nitrogens with zero attached hydrogens (tertiary/aromatic N) is 3. The molecule has 0 N–H and O–H groups in total. The molecule has 1 atom stereocenters. The monoisotopic (exact) mass is 339 g/mol. The summed E-state index contributed by atoms with van der Waals surface area (Å²) >= 11 is 0. The lowest BCUT2D eigenvalue weighted by Gasteiger charge is -2.32. The summed E-state index contributed by atoms with van der Waals surface area (Å²) in [5.41, 5.74) is 2.36. The number of amides is 1. The lowest BCUT2D eigenvalue weighted by atomic mass is 10.0. The maximum atomic E-state index is 12.6. The molecule has 25 heavy (non-hydrogen) atoms. The van der Waals surface area contributed by atoms with Crippen molar-refractivity contribution in [1.29, 1.82) is 0 Å². The first-order valence-corrected chi connectivity index (χ1v) is 8.92. The molecule has 0 spiro atoms. The van der Waals surface area contributed by atoms with Crippen molar-refractivity contribution in [3.8, 4) is 6.01 Å². The van der Waals surface area contributed by atoms with Crippen LogP contribution in [-0.2, 0) is 11.2 Å². The fraction of sp³-hybridized carbons (Fsp3) is 0.450. The number of benzene rings is 1. The highest BCUT2D eigenvalue weighted by Crippen LogP contribution is 2.18. The summed E-state index contributed by atoms with van der Waals surface area (Å²) in [7, 11) is 0. The zero-order chi connectivity index (χ0) is 17.6. The summed E-state index contributed by atoms with van der Waals surface area (Å²) in [6.07, 6.45) is 5.58. The molecule has 1 amide bonds. The van der Waals surface area contributed by atoms with Crippen molar-refractivity contribution < 1.29 is 9.53 Å². The van der Waals surface area contributed by atoms with Gasteiger partial charge in [-0.2, -0.15) is 0 Å². The number of carbonyl (C=O) groups excluding carboxylic acids is 1. The number of hydrogen-bond acceptors (Lipinski definition) is 4. The van der Waals surface area contributed by atoms with Gasteiger partial charge in [0.25, 0.3) is 0 Å². The van der Waals surface area contributed by atoms with Gasteiger partial charge in [-0.15, -0.1) is 0 Å². The quantitative estimate of drug-likeness (QED) is 0.839. The Bertz CT molecular complexity index is 686. The SMILES string of the molecule is CC(C)c1ccc(CC(=O)N2CCCC(Oc3ncccn3)C2)cc1. The van der Waals surface area contributed by atoms with E-state index in [0.29, 0.717) is 24.9 Å². The van der Waals surface area contributed by atoms with Crippen LogP contribution in [0.1, 0.15) is 43.7 Å². The van der Waals surface area contributed by atoms with E-state index in [4.69, 9.17) is 4.74 Å². The van der Waals surface area contributed by atoms with E-state index in [0.717, 1.165) is 24.9 Å². The van der Waals surface area contributed by atoms with Gasteiger partial charge in [-0.3, -0.25) is 4.79 Å². The largest absolute Gasteiger partial charge is 0.458 e. The van der Waals surface area contributed by atoms with Crippen LogP contribution in [0, 0.1) is 0 Å². The average molecular weight is 339 g/mol. The summed E-state index contributed by atoms with van der Waals surface area (Å²) in [5.74, 6) is 0.657. The van der Waals surface area contributed by atoms with Crippen molar-refractivity contribution in [1.82, 2.24) is 14.9 Å². The maximum absolute atomic E-state index is 12.6. The topological polar surface area (TPSA) is 55.3 Å². The lowest BCUT2D eigenvalue weighted by Crippen LogP contribution is -2.45. The van der Waals surface area contributed by atoms with Gasteiger partial charge in [0, 0.05) is 18.9 Å². The predicted molar refractivity (Wildman–Crippen MR) is 96.5 cm³/mol. The molecule has 5 nitrogen and oxygen atoms in total. The molecule has 0 saturated carbocycles. The number of hydrogen-bond donors (Lipinski definition) is 0. The van der Waals surface area contributed by atoms with Crippen LogP contribution in [0.15, 0.2) is 42.7 Å². The van der Waals surface area contributed by atoms with Crippen molar-refractivity contribution in [2.45, 2.75) is 45.1 Å². The highest BCUT2D eigenvalue weighted by atomic mass is 16.5. The second kappa shape index (κ2) is 8.10. The van der Waals surface area contributed by atoms with Crippen LogP contribution in [0.25, 0.3) is 0 Å². The summed E-state index contributed by atoms with van der Waals surface area (Å²) in [6, 6.07) is 10.5. The van der Waals surface area contributed by atoms with E-state index in [1.165, 1.54) is 5.56 Å². The molecular weight excluding hydrogens is 314 g/mol. The van der Waals surface area contributed by atoms with Crippen LogP contribution in [0.5, 0.6) is 6.01 Å². The van der Waals surface area contributed by atoms with Gasteiger partial charge in [0.2, 0.25) is 5.91 Å². The van der Waals surface area contributed by atoms with Gasteiger partial charge in [0.05, 0.1) is 13.0 Å². The van der Waals surface area contributed by atoms with Gasteiger partial charge in [-0.05, 0) is 36.0 Å². The molecule has 1 aromatic carbocycles. The average Bonchev–Trinajstić information content (AvgIpc) is 2.63. The molecule has 3 rings (SSSR count). The van der Waals surface area contributed by atoms with Gasteiger partial charge in [-0.25, -0.2) is 9.97 Å². The van der Waals surface area contributed by atoms with Gasteiger partial charge < -0.3 is 9.64 Å². The van der Waals surface area contributed by atoms with Crippen LogP contribution in [0.3, 0.4) is 0 Å². The Morgan fingerprint density at radius 1 is 1.24 bits per heavy atom. The van der Waals surface area contributed by atoms with Crippen molar-refractivity contribution in [3.63, 3.8) is 0 Å². The standard InChI is InChI=1S/C20H25N3O2/c1-15(2)17-8-6-16(7-9-17)13-19(24)23-12-3-5-18(14-23)25-20-21-10-4-11-22-20/h4,6-11,15,18H,3,5,12-14H2,1-2H3. The normalized spacial score (nSPS) is 17.6. The minimum atomic E-state index is -0.0385. The van der Waals surface area contributed by atoms with Crippen LogP contribution in [-0.4, -0.2) is 40.0 Å². The molecule has 1 aromatic heterocycles. The van der Waals surface area contributed by atoms with Crippen molar-refractivity contribution >= 4 is 5.91 Å². The fourth-order valence-corrected chi connectivity index (χ4v) is 3.06. The van der Waals surface area contributed by atoms with E-state index in [-0.39, 0.29) is 12.0 Å². The van der Waals surface area contributed by atoms with Crippen molar-refractivity contribution in [3.05, 3.63) is 53.9 Å².